The van der Waals surface area contributed by atoms with Crippen molar-refractivity contribution in [3.8, 4) is 11.5 Å². The van der Waals surface area contributed by atoms with Gasteiger partial charge in [-0.05, 0) is 59.9 Å². The number of aryl methyl sites for hydroxylation is 1. The summed E-state index contributed by atoms with van der Waals surface area (Å²) < 4.78 is 9.33. The number of benzene rings is 3. The summed E-state index contributed by atoms with van der Waals surface area (Å²) in [6.45, 7) is 0. The predicted octanol–water partition coefficient (Wildman–Crippen LogP) is 5.56. The molecule has 6 rings (SSSR count). The molecule has 36 heavy (non-hydrogen) atoms. The summed E-state index contributed by atoms with van der Waals surface area (Å²) in [4.78, 5) is 19.5. The molecule has 0 bridgehead atoms. The van der Waals surface area contributed by atoms with E-state index in [-0.39, 0.29) is 17.4 Å². The Labute approximate surface area is 228 Å². The van der Waals surface area contributed by atoms with Gasteiger partial charge in [0.1, 0.15) is 0 Å². The minimum absolute atomic E-state index is 0.00998. The number of rotatable bonds is 3. The fourth-order valence-electron chi connectivity index (χ4n) is 4.97. The van der Waals surface area contributed by atoms with Crippen LogP contribution in [0.2, 0.25) is 0 Å². The Morgan fingerprint density at radius 2 is 1.86 bits per heavy atom. The molecule has 4 aromatic rings. The first-order valence-corrected chi connectivity index (χ1v) is 13.8. The monoisotopic (exact) mass is 622 g/mol. The van der Waals surface area contributed by atoms with E-state index in [9.17, 15) is 9.90 Å². The summed E-state index contributed by atoms with van der Waals surface area (Å²) >= 11 is 8.33. The van der Waals surface area contributed by atoms with Crippen molar-refractivity contribution in [1.82, 2.24) is 4.57 Å². The fourth-order valence-corrected chi connectivity index (χ4v) is 6.68. The van der Waals surface area contributed by atoms with E-state index < -0.39 is 0 Å². The van der Waals surface area contributed by atoms with E-state index in [0.29, 0.717) is 20.6 Å². The first-order chi connectivity index (χ1) is 17.4. The van der Waals surface area contributed by atoms with E-state index in [4.69, 9.17) is 9.73 Å². The summed E-state index contributed by atoms with van der Waals surface area (Å²) in [5.74, 6) is 0.326. The predicted molar refractivity (Wildman–Crippen MR) is 149 cm³/mol. The standard InChI is InChI=1S/C28H20Br2N2O3S/c1-35-22-14-19(30)12-17(26(22)33)13-23-27(34)32-25(16-6-9-18(29)10-7-16)21-11-8-15-4-2-3-5-20(15)24(21)31-28(32)36-23/h2-7,9-10,12-14,25,33H,8,11H2,1H3/b23-13-/t25-/m0/s1. The van der Waals surface area contributed by atoms with Crippen LogP contribution < -0.4 is 19.6 Å². The Morgan fingerprint density at radius 1 is 1.08 bits per heavy atom. The molecule has 1 atom stereocenters. The quantitative estimate of drug-likeness (QED) is 0.325. The second kappa shape index (κ2) is 9.18. The second-order valence-corrected chi connectivity index (χ2v) is 11.6. The van der Waals surface area contributed by atoms with Crippen molar-refractivity contribution in [1.29, 1.82) is 0 Å². The number of hydrogen-bond acceptors (Lipinski definition) is 5. The number of halogens is 2. The van der Waals surface area contributed by atoms with Crippen LogP contribution in [0.1, 0.15) is 34.7 Å². The van der Waals surface area contributed by atoms with Crippen molar-refractivity contribution in [3.63, 3.8) is 0 Å². The summed E-state index contributed by atoms with van der Waals surface area (Å²) in [6, 6.07) is 19.7. The van der Waals surface area contributed by atoms with E-state index in [2.05, 4.69) is 62.2 Å². The summed E-state index contributed by atoms with van der Waals surface area (Å²) in [5, 5.41) is 10.7. The van der Waals surface area contributed by atoms with Gasteiger partial charge in [-0.1, -0.05) is 79.6 Å². The van der Waals surface area contributed by atoms with Crippen molar-refractivity contribution in [2.75, 3.05) is 7.11 Å². The molecule has 0 saturated carbocycles. The molecule has 1 N–H and O–H groups in total. The molecule has 8 heteroatoms. The molecule has 0 amide bonds. The molecule has 5 nitrogen and oxygen atoms in total. The fraction of sp³-hybridized carbons (Fsp3) is 0.143. The van der Waals surface area contributed by atoms with E-state index >= 15 is 0 Å². The normalized spacial score (nSPS) is 16.8. The van der Waals surface area contributed by atoms with Crippen LogP contribution >= 0.6 is 43.2 Å². The van der Waals surface area contributed by atoms with Crippen LogP contribution in [-0.4, -0.2) is 16.8 Å². The molecule has 180 valence electrons. The minimum Gasteiger partial charge on any atom is -0.504 e. The van der Waals surface area contributed by atoms with Crippen molar-refractivity contribution in [3.05, 3.63) is 117 Å². The van der Waals surface area contributed by atoms with Gasteiger partial charge >= 0.3 is 0 Å². The highest BCUT2D eigenvalue weighted by Crippen LogP contribution is 2.41. The Morgan fingerprint density at radius 3 is 2.64 bits per heavy atom. The topological polar surface area (TPSA) is 63.8 Å². The highest BCUT2D eigenvalue weighted by molar-refractivity contribution is 9.10. The molecule has 2 aliphatic rings. The van der Waals surface area contributed by atoms with E-state index in [1.807, 2.05) is 18.2 Å². The third kappa shape index (κ3) is 3.88. The molecule has 3 aromatic carbocycles. The van der Waals surface area contributed by atoms with Gasteiger partial charge in [-0.25, -0.2) is 4.99 Å². The van der Waals surface area contributed by atoms with Crippen molar-refractivity contribution < 1.29 is 9.84 Å². The number of hydrogen-bond donors (Lipinski definition) is 1. The second-order valence-electron chi connectivity index (χ2n) is 8.71. The van der Waals surface area contributed by atoms with Gasteiger partial charge in [0.25, 0.3) is 5.56 Å². The van der Waals surface area contributed by atoms with Crippen molar-refractivity contribution >= 4 is 55.0 Å². The molecule has 0 unspecified atom stereocenters. The number of fused-ring (bicyclic) bond motifs is 3. The minimum atomic E-state index is -0.245. The Bertz CT molecular complexity index is 1740. The maximum absolute atomic E-state index is 13.9. The zero-order valence-electron chi connectivity index (χ0n) is 19.2. The lowest BCUT2D eigenvalue weighted by molar-refractivity contribution is 0.372. The third-order valence-corrected chi connectivity index (χ3v) is 8.60. The van der Waals surface area contributed by atoms with Crippen molar-refractivity contribution in [2.45, 2.75) is 18.9 Å². The molecule has 0 saturated heterocycles. The average Bonchev–Trinajstić information content (AvgIpc) is 3.19. The first-order valence-electron chi connectivity index (χ1n) is 11.4. The first kappa shape index (κ1) is 23.5. The van der Waals surface area contributed by atoms with E-state index in [0.717, 1.165) is 44.2 Å². The molecule has 0 spiro atoms. The number of methoxy groups -OCH3 is 1. The molecule has 1 aromatic heterocycles. The maximum Gasteiger partial charge on any atom is 0.271 e. The SMILES string of the molecule is COc1cc(Br)cc(/C=c2\sc3n(c2=O)[C@@H](c2ccc(Br)cc2)C2=C(N=3)c3ccccc3CC2)c1O. The smallest absolute Gasteiger partial charge is 0.271 e. The van der Waals surface area contributed by atoms with Crippen LogP contribution in [0, 0.1) is 0 Å². The van der Waals surface area contributed by atoms with Crippen LogP contribution in [0.25, 0.3) is 11.8 Å². The average molecular weight is 624 g/mol. The maximum atomic E-state index is 13.9. The highest BCUT2D eigenvalue weighted by Gasteiger charge is 2.32. The largest absolute Gasteiger partial charge is 0.504 e. The number of aromatic hydroxyl groups is 1. The van der Waals surface area contributed by atoms with Gasteiger partial charge < -0.3 is 9.84 Å². The van der Waals surface area contributed by atoms with Crippen LogP contribution in [-0.2, 0) is 6.42 Å². The number of thiazole rings is 1. The van der Waals surface area contributed by atoms with Gasteiger partial charge in [-0.15, -0.1) is 0 Å². The van der Waals surface area contributed by atoms with E-state index in [1.165, 1.54) is 24.0 Å². The van der Waals surface area contributed by atoms with Crippen LogP contribution in [0.5, 0.6) is 11.5 Å². The molecule has 1 aliphatic heterocycles. The van der Waals surface area contributed by atoms with Gasteiger partial charge in [-0.3, -0.25) is 9.36 Å². The number of phenolic OH excluding ortho intramolecular Hbond substituents is 1. The highest BCUT2D eigenvalue weighted by atomic mass is 79.9. The zero-order chi connectivity index (χ0) is 25.0. The van der Waals surface area contributed by atoms with Crippen molar-refractivity contribution in [2.24, 2.45) is 4.99 Å². The summed E-state index contributed by atoms with van der Waals surface area (Å²) in [6.07, 6.45) is 3.46. The lowest BCUT2D eigenvalue weighted by Gasteiger charge is -2.30. The van der Waals surface area contributed by atoms with Gasteiger partial charge in [0.05, 0.1) is 23.4 Å². The molecule has 1 aliphatic carbocycles. The number of allylic oxidation sites excluding steroid dienone is 1. The van der Waals surface area contributed by atoms with Gasteiger partial charge in [0, 0.05) is 20.1 Å². The number of nitrogens with zero attached hydrogens (tertiary/aromatic N) is 2. The lowest BCUT2D eigenvalue weighted by Crippen LogP contribution is -2.38. The molecular formula is C28H20Br2N2O3S. The molecular weight excluding hydrogens is 604 g/mol. The number of phenols is 1. The number of aromatic nitrogens is 1. The van der Waals surface area contributed by atoms with Gasteiger partial charge in [-0.2, -0.15) is 0 Å². The van der Waals surface area contributed by atoms with Gasteiger partial charge in [0.2, 0.25) is 0 Å². The summed E-state index contributed by atoms with van der Waals surface area (Å²) in [5.41, 5.74) is 5.94. The van der Waals surface area contributed by atoms with Crippen LogP contribution in [0.15, 0.2) is 85.0 Å². The third-order valence-electron chi connectivity index (χ3n) is 6.63. The van der Waals surface area contributed by atoms with Crippen LogP contribution in [0.3, 0.4) is 0 Å². The molecule has 0 fully saturated rings. The Kier molecular flexibility index (Phi) is 5.98. The zero-order valence-corrected chi connectivity index (χ0v) is 23.2. The Balaban J connectivity index is 1.62. The number of ether oxygens (including phenoxy) is 1. The van der Waals surface area contributed by atoms with Gasteiger partial charge in [0.15, 0.2) is 16.3 Å². The lowest BCUT2D eigenvalue weighted by atomic mass is 9.83. The summed E-state index contributed by atoms with van der Waals surface area (Å²) in [7, 11) is 1.50. The van der Waals surface area contributed by atoms with E-state index in [1.54, 1.807) is 22.8 Å². The Hall–Kier alpha value is -2.94. The molecule has 0 radical (unpaired) electrons. The van der Waals surface area contributed by atoms with Crippen LogP contribution in [0.4, 0.5) is 0 Å². The molecule has 2 heterocycles.